The summed E-state index contributed by atoms with van der Waals surface area (Å²) in [6.45, 7) is 3.01. The van der Waals surface area contributed by atoms with Crippen LogP contribution in [0.4, 0.5) is 0 Å². The lowest BCUT2D eigenvalue weighted by Crippen LogP contribution is -2.24. The second kappa shape index (κ2) is 7.38. The molecule has 1 aromatic rings. The van der Waals surface area contributed by atoms with Gasteiger partial charge < -0.3 is 10.1 Å². The first-order valence-electron chi connectivity index (χ1n) is 6.11. The van der Waals surface area contributed by atoms with E-state index in [2.05, 4.69) is 5.32 Å². The smallest absolute Gasteiger partial charge is 0.151 e. The van der Waals surface area contributed by atoms with E-state index in [9.17, 15) is 8.42 Å². The predicted molar refractivity (Wildman–Crippen MR) is 73.6 cm³/mol. The summed E-state index contributed by atoms with van der Waals surface area (Å²) in [5.41, 5.74) is 1.09. The summed E-state index contributed by atoms with van der Waals surface area (Å²) in [6.07, 6.45) is 0.679. The van der Waals surface area contributed by atoms with E-state index in [0.717, 1.165) is 11.3 Å². The van der Waals surface area contributed by atoms with Crippen LogP contribution in [0, 0.1) is 0 Å². The SMILES string of the molecule is CCCS(=O)(=O)CCNCc1cccc(OC)c1. The second-order valence-corrected chi connectivity index (χ2v) is 6.48. The molecule has 0 aliphatic heterocycles. The zero-order chi connectivity index (χ0) is 13.4. The predicted octanol–water partition coefficient (Wildman–Crippen LogP) is 1.61. The minimum atomic E-state index is -2.89. The number of benzene rings is 1. The molecule has 0 fully saturated rings. The van der Waals surface area contributed by atoms with Gasteiger partial charge in [-0.05, 0) is 24.1 Å². The highest BCUT2D eigenvalue weighted by molar-refractivity contribution is 7.91. The molecule has 1 rings (SSSR count). The number of hydrogen-bond donors (Lipinski definition) is 1. The van der Waals surface area contributed by atoms with Gasteiger partial charge in [-0.2, -0.15) is 0 Å². The van der Waals surface area contributed by atoms with Crippen LogP contribution < -0.4 is 10.1 Å². The van der Waals surface area contributed by atoms with Crippen LogP contribution >= 0.6 is 0 Å². The molecule has 1 N–H and O–H groups in total. The molecule has 18 heavy (non-hydrogen) atoms. The molecule has 0 unspecified atom stereocenters. The Morgan fingerprint density at radius 2 is 2.06 bits per heavy atom. The van der Waals surface area contributed by atoms with E-state index in [-0.39, 0.29) is 11.5 Å². The highest BCUT2D eigenvalue weighted by atomic mass is 32.2. The van der Waals surface area contributed by atoms with Gasteiger partial charge in [0.1, 0.15) is 5.75 Å². The topological polar surface area (TPSA) is 55.4 Å². The summed E-state index contributed by atoms with van der Waals surface area (Å²) in [6, 6.07) is 7.72. The summed E-state index contributed by atoms with van der Waals surface area (Å²) >= 11 is 0. The molecule has 0 amide bonds. The Labute approximate surface area is 109 Å². The molecule has 0 spiro atoms. The van der Waals surface area contributed by atoms with Crippen molar-refractivity contribution in [2.45, 2.75) is 19.9 Å². The molecule has 0 atom stereocenters. The molecule has 5 heteroatoms. The van der Waals surface area contributed by atoms with Crippen LogP contribution in [0.25, 0.3) is 0 Å². The van der Waals surface area contributed by atoms with Gasteiger partial charge in [-0.25, -0.2) is 8.42 Å². The molecular formula is C13H21NO3S. The van der Waals surface area contributed by atoms with Crippen LogP contribution in [0.5, 0.6) is 5.75 Å². The fourth-order valence-electron chi connectivity index (χ4n) is 1.66. The first kappa shape index (κ1) is 15.0. The number of hydrogen-bond acceptors (Lipinski definition) is 4. The maximum absolute atomic E-state index is 11.5. The van der Waals surface area contributed by atoms with Crippen molar-refractivity contribution in [2.75, 3.05) is 25.2 Å². The van der Waals surface area contributed by atoms with Crippen molar-refractivity contribution in [1.29, 1.82) is 0 Å². The monoisotopic (exact) mass is 271 g/mol. The Morgan fingerprint density at radius 3 is 2.72 bits per heavy atom. The maximum atomic E-state index is 11.5. The molecule has 0 aliphatic carbocycles. The number of ether oxygens (including phenoxy) is 1. The third kappa shape index (κ3) is 5.51. The summed E-state index contributed by atoms with van der Waals surface area (Å²) in [4.78, 5) is 0. The van der Waals surface area contributed by atoms with E-state index >= 15 is 0 Å². The number of nitrogens with one attached hydrogen (secondary N) is 1. The van der Waals surface area contributed by atoms with Gasteiger partial charge in [0.15, 0.2) is 9.84 Å². The summed E-state index contributed by atoms with van der Waals surface area (Å²) in [7, 11) is -1.26. The third-order valence-electron chi connectivity index (χ3n) is 2.57. The molecule has 4 nitrogen and oxygen atoms in total. The Bertz CT molecular complexity index is 457. The van der Waals surface area contributed by atoms with Crippen molar-refractivity contribution in [2.24, 2.45) is 0 Å². The van der Waals surface area contributed by atoms with Crippen LogP contribution in [0.2, 0.25) is 0 Å². The van der Waals surface area contributed by atoms with Gasteiger partial charge in [0.25, 0.3) is 0 Å². The van der Waals surface area contributed by atoms with Crippen LogP contribution in [-0.4, -0.2) is 33.6 Å². The first-order valence-corrected chi connectivity index (χ1v) is 7.93. The van der Waals surface area contributed by atoms with Crippen molar-refractivity contribution in [1.82, 2.24) is 5.32 Å². The van der Waals surface area contributed by atoms with E-state index in [1.165, 1.54) is 0 Å². The highest BCUT2D eigenvalue weighted by Crippen LogP contribution is 2.11. The zero-order valence-electron chi connectivity index (χ0n) is 11.0. The van der Waals surface area contributed by atoms with Crippen LogP contribution in [0.1, 0.15) is 18.9 Å². The summed E-state index contributed by atoms with van der Waals surface area (Å²) in [5, 5.41) is 3.13. The van der Waals surface area contributed by atoms with Gasteiger partial charge in [-0.15, -0.1) is 0 Å². The van der Waals surface area contributed by atoms with Crippen molar-refractivity contribution >= 4 is 9.84 Å². The van der Waals surface area contributed by atoms with Crippen molar-refractivity contribution < 1.29 is 13.2 Å². The average Bonchev–Trinajstić information content (AvgIpc) is 2.35. The molecule has 0 bridgehead atoms. The minimum Gasteiger partial charge on any atom is -0.497 e. The van der Waals surface area contributed by atoms with Crippen LogP contribution in [0.3, 0.4) is 0 Å². The average molecular weight is 271 g/mol. The molecule has 102 valence electrons. The molecule has 0 saturated carbocycles. The van der Waals surface area contributed by atoms with E-state index in [1.54, 1.807) is 7.11 Å². The number of sulfone groups is 1. The van der Waals surface area contributed by atoms with E-state index in [4.69, 9.17) is 4.74 Å². The lowest BCUT2D eigenvalue weighted by Gasteiger charge is -2.07. The summed E-state index contributed by atoms with van der Waals surface area (Å²) in [5.74, 6) is 1.28. The molecule has 1 aromatic carbocycles. The molecule has 0 saturated heterocycles. The number of rotatable bonds is 8. The molecular weight excluding hydrogens is 250 g/mol. The molecule has 0 radical (unpaired) electrons. The maximum Gasteiger partial charge on any atom is 0.151 e. The van der Waals surface area contributed by atoms with Gasteiger partial charge in [-0.3, -0.25) is 0 Å². The molecule has 0 heterocycles. The number of methoxy groups -OCH3 is 1. The largest absolute Gasteiger partial charge is 0.497 e. The van der Waals surface area contributed by atoms with E-state index in [1.807, 2.05) is 31.2 Å². The van der Waals surface area contributed by atoms with Gasteiger partial charge in [-0.1, -0.05) is 19.1 Å². The van der Waals surface area contributed by atoms with Crippen molar-refractivity contribution in [3.63, 3.8) is 0 Å². The summed E-state index contributed by atoms with van der Waals surface area (Å²) < 4.78 is 28.1. The third-order valence-corrected chi connectivity index (χ3v) is 4.42. The Morgan fingerprint density at radius 1 is 1.28 bits per heavy atom. The van der Waals surface area contributed by atoms with Gasteiger partial charge in [0.2, 0.25) is 0 Å². The fraction of sp³-hybridized carbons (Fsp3) is 0.538. The Kier molecular flexibility index (Phi) is 6.15. The standard InChI is InChI=1S/C13H21NO3S/c1-3-8-18(15,16)9-7-14-11-12-5-4-6-13(10-12)17-2/h4-6,10,14H,3,7-9,11H2,1-2H3. The van der Waals surface area contributed by atoms with Gasteiger partial charge in [0.05, 0.1) is 12.9 Å². The van der Waals surface area contributed by atoms with Crippen molar-refractivity contribution in [3.05, 3.63) is 29.8 Å². The quantitative estimate of drug-likeness (QED) is 0.730. The fourth-order valence-corrected chi connectivity index (χ4v) is 2.94. The Balaban J connectivity index is 2.33. The van der Waals surface area contributed by atoms with Gasteiger partial charge in [0, 0.05) is 18.8 Å². The van der Waals surface area contributed by atoms with Crippen LogP contribution in [0.15, 0.2) is 24.3 Å². The van der Waals surface area contributed by atoms with Gasteiger partial charge >= 0.3 is 0 Å². The minimum absolute atomic E-state index is 0.199. The van der Waals surface area contributed by atoms with E-state index < -0.39 is 9.84 Å². The van der Waals surface area contributed by atoms with E-state index in [0.29, 0.717) is 19.5 Å². The second-order valence-electron chi connectivity index (χ2n) is 4.18. The highest BCUT2D eigenvalue weighted by Gasteiger charge is 2.08. The van der Waals surface area contributed by atoms with Crippen molar-refractivity contribution in [3.8, 4) is 5.75 Å². The van der Waals surface area contributed by atoms with Crippen LogP contribution in [-0.2, 0) is 16.4 Å². The lowest BCUT2D eigenvalue weighted by molar-refractivity contribution is 0.414. The molecule has 0 aliphatic rings. The Hall–Kier alpha value is -1.07. The molecule has 0 aromatic heterocycles. The lowest BCUT2D eigenvalue weighted by atomic mass is 10.2. The zero-order valence-corrected chi connectivity index (χ0v) is 11.8. The first-order chi connectivity index (χ1) is 8.57. The normalized spacial score (nSPS) is 11.4.